The van der Waals surface area contributed by atoms with Gasteiger partial charge in [0.25, 0.3) is 0 Å². The monoisotopic (exact) mass is 455 g/mol. The van der Waals surface area contributed by atoms with E-state index in [1.165, 1.54) is 11.1 Å². The Labute approximate surface area is 163 Å². The molecule has 0 spiro atoms. The van der Waals surface area contributed by atoms with Crippen molar-refractivity contribution in [1.29, 1.82) is 0 Å². The fourth-order valence-corrected chi connectivity index (χ4v) is 3.10. The van der Waals surface area contributed by atoms with Gasteiger partial charge in [-0.2, -0.15) is 11.3 Å². The van der Waals surface area contributed by atoms with Crippen LogP contribution in [0, 0.1) is 6.92 Å². The number of nitrogens with zero attached hydrogens (tertiary/aromatic N) is 3. The van der Waals surface area contributed by atoms with E-state index in [-0.39, 0.29) is 24.0 Å². The van der Waals surface area contributed by atoms with Gasteiger partial charge in [0, 0.05) is 39.0 Å². The summed E-state index contributed by atoms with van der Waals surface area (Å²) >= 11 is 1.71. The summed E-state index contributed by atoms with van der Waals surface area (Å²) in [5.74, 6) is 0.816. The first-order valence-corrected chi connectivity index (χ1v) is 8.59. The van der Waals surface area contributed by atoms with Crippen LogP contribution in [0.4, 0.5) is 0 Å². The highest BCUT2D eigenvalue weighted by atomic mass is 127. The number of nitrogens with one attached hydrogen (secondary N) is 2. The van der Waals surface area contributed by atoms with Crippen LogP contribution >= 0.6 is 35.3 Å². The van der Waals surface area contributed by atoms with Crippen molar-refractivity contribution in [2.45, 2.75) is 19.9 Å². The van der Waals surface area contributed by atoms with Crippen molar-refractivity contribution >= 4 is 46.9 Å². The molecule has 0 fully saturated rings. The third-order valence-corrected chi connectivity index (χ3v) is 4.40. The molecule has 0 saturated heterocycles. The molecule has 0 aromatic carbocycles. The van der Waals surface area contributed by atoms with E-state index in [0.29, 0.717) is 0 Å². The molecule has 0 aliphatic rings. The second kappa shape index (κ2) is 9.03. The maximum atomic E-state index is 4.69. The minimum atomic E-state index is 0. The first-order chi connectivity index (χ1) is 11.3. The molecule has 5 nitrogen and oxygen atoms in total. The first-order valence-electron chi connectivity index (χ1n) is 7.65. The van der Waals surface area contributed by atoms with E-state index in [1.54, 1.807) is 18.4 Å². The number of guanidine groups is 1. The van der Waals surface area contributed by atoms with Gasteiger partial charge in [-0.15, -0.1) is 24.0 Å². The van der Waals surface area contributed by atoms with Crippen LogP contribution in [-0.4, -0.2) is 28.9 Å². The number of aromatic nitrogens is 2. The SMILES string of the molecule is CN=C(NCCc1cn2cccc(C)c2n1)NCc1ccsc1.I. The van der Waals surface area contributed by atoms with Crippen molar-refractivity contribution in [3.8, 4) is 0 Å². The fourth-order valence-electron chi connectivity index (χ4n) is 2.43. The Morgan fingerprint density at radius 1 is 1.33 bits per heavy atom. The lowest BCUT2D eigenvalue weighted by Crippen LogP contribution is -2.37. The number of pyridine rings is 1. The van der Waals surface area contributed by atoms with Gasteiger partial charge in [0.2, 0.25) is 0 Å². The smallest absolute Gasteiger partial charge is 0.191 e. The predicted octanol–water partition coefficient (Wildman–Crippen LogP) is 3.23. The number of fused-ring (bicyclic) bond motifs is 1. The molecular weight excluding hydrogens is 433 g/mol. The van der Waals surface area contributed by atoms with Gasteiger partial charge in [0.1, 0.15) is 5.65 Å². The van der Waals surface area contributed by atoms with E-state index in [9.17, 15) is 0 Å². The molecule has 2 N–H and O–H groups in total. The maximum Gasteiger partial charge on any atom is 0.191 e. The van der Waals surface area contributed by atoms with Crippen molar-refractivity contribution < 1.29 is 0 Å². The third kappa shape index (κ3) is 4.70. The Bertz CT molecular complexity index is 795. The number of thiophene rings is 1. The molecule has 3 aromatic rings. The topological polar surface area (TPSA) is 53.7 Å². The highest BCUT2D eigenvalue weighted by molar-refractivity contribution is 14.0. The number of rotatable bonds is 5. The molecule has 0 amide bonds. The van der Waals surface area contributed by atoms with E-state index in [4.69, 9.17) is 0 Å². The summed E-state index contributed by atoms with van der Waals surface area (Å²) in [6.45, 7) is 3.67. The highest BCUT2D eigenvalue weighted by Crippen LogP contribution is 2.10. The number of hydrogen-bond donors (Lipinski definition) is 2. The van der Waals surface area contributed by atoms with E-state index < -0.39 is 0 Å². The van der Waals surface area contributed by atoms with E-state index in [0.717, 1.165) is 36.8 Å². The van der Waals surface area contributed by atoms with Gasteiger partial charge in [-0.25, -0.2) is 4.98 Å². The van der Waals surface area contributed by atoms with Crippen LogP contribution in [0.15, 0.2) is 46.3 Å². The van der Waals surface area contributed by atoms with Crippen molar-refractivity contribution in [3.05, 3.63) is 58.2 Å². The predicted molar refractivity (Wildman–Crippen MR) is 112 cm³/mol. The molecule has 0 bridgehead atoms. The number of halogens is 1. The molecule has 0 atom stereocenters. The summed E-state index contributed by atoms with van der Waals surface area (Å²) in [5, 5.41) is 10.9. The van der Waals surface area contributed by atoms with Crippen LogP contribution < -0.4 is 10.6 Å². The summed E-state index contributed by atoms with van der Waals surface area (Å²) in [5.41, 5.74) is 4.58. The van der Waals surface area contributed by atoms with Gasteiger partial charge < -0.3 is 15.0 Å². The number of hydrogen-bond acceptors (Lipinski definition) is 3. The van der Waals surface area contributed by atoms with Gasteiger partial charge in [-0.1, -0.05) is 6.07 Å². The number of imidazole rings is 1. The largest absolute Gasteiger partial charge is 0.356 e. The van der Waals surface area contributed by atoms with Crippen molar-refractivity contribution in [2.75, 3.05) is 13.6 Å². The fraction of sp³-hybridized carbons (Fsp3) is 0.294. The molecular formula is C17H22IN5S. The summed E-state index contributed by atoms with van der Waals surface area (Å²) in [7, 11) is 1.79. The average molecular weight is 455 g/mol. The van der Waals surface area contributed by atoms with Crippen molar-refractivity contribution in [3.63, 3.8) is 0 Å². The second-order valence-electron chi connectivity index (χ2n) is 5.39. The maximum absolute atomic E-state index is 4.69. The van der Waals surface area contributed by atoms with Gasteiger partial charge in [0.05, 0.1) is 5.69 Å². The Morgan fingerprint density at radius 3 is 2.92 bits per heavy atom. The van der Waals surface area contributed by atoms with Crippen LogP contribution in [-0.2, 0) is 13.0 Å². The molecule has 0 unspecified atom stereocenters. The van der Waals surface area contributed by atoms with Gasteiger partial charge in [0.15, 0.2) is 5.96 Å². The van der Waals surface area contributed by atoms with Gasteiger partial charge in [-0.05, 0) is 40.9 Å². The molecule has 24 heavy (non-hydrogen) atoms. The Kier molecular flexibility index (Phi) is 7.04. The highest BCUT2D eigenvalue weighted by Gasteiger charge is 2.04. The third-order valence-electron chi connectivity index (χ3n) is 3.67. The zero-order chi connectivity index (χ0) is 16.1. The summed E-state index contributed by atoms with van der Waals surface area (Å²) in [6, 6.07) is 6.24. The molecule has 3 aromatic heterocycles. The quantitative estimate of drug-likeness (QED) is 0.353. The minimum absolute atomic E-state index is 0. The molecule has 128 valence electrons. The number of aliphatic imine (C=N–C) groups is 1. The molecule has 3 rings (SSSR count). The van der Waals surface area contributed by atoms with Gasteiger partial charge >= 0.3 is 0 Å². The van der Waals surface area contributed by atoms with Crippen molar-refractivity contribution in [1.82, 2.24) is 20.0 Å². The van der Waals surface area contributed by atoms with Crippen LogP contribution in [0.1, 0.15) is 16.8 Å². The summed E-state index contributed by atoms with van der Waals surface area (Å²) in [6.07, 6.45) is 4.99. The van der Waals surface area contributed by atoms with E-state index >= 15 is 0 Å². The average Bonchev–Trinajstić information content (AvgIpc) is 3.20. The van der Waals surface area contributed by atoms with Gasteiger partial charge in [-0.3, -0.25) is 4.99 Å². The normalized spacial score (nSPS) is 11.3. The molecule has 0 radical (unpaired) electrons. The Balaban J connectivity index is 0.00000208. The zero-order valence-corrected chi connectivity index (χ0v) is 17.0. The van der Waals surface area contributed by atoms with Crippen molar-refractivity contribution in [2.24, 2.45) is 4.99 Å². The van der Waals surface area contributed by atoms with E-state index in [1.807, 2.05) is 12.3 Å². The Morgan fingerprint density at radius 2 is 2.21 bits per heavy atom. The zero-order valence-electron chi connectivity index (χ0n) is 13.8. The molecule has 7 heteroatoms. The first kappa shape index (κ1) is 18.7. The Hall–Kier alpha value is -1.61. The second-order valence-corrected chi connectivity index (χ2v) is 6.17. The molecule has 0 aliphatic heterocycles. The lowest BCUT2D eigenvalue weighted by atomic mass is 10.3. The molecule has 0 aliphatic carbocycles. The standard InChI is InChI=1S/C17H21N5S.HI/c1-13-4-3-8-22-11-15(21-16(13)22)5-7-19-17(18-2)20-10-14-6-9-23-12-14;/h3-4,6,8-9,11-12H,5,7,10H2,1-2H3,(H2,18,19,20);1H. The summed E-state index contributed by atoms with van der Waals surface area (Å²) < 4.78 is 2.08. The van der Waals surface area contributed by atoms with Crippen LogP contribution in [0.2, 0.25) is 0 Å². The lowest BCUT2D eigenvalue weighted by molar-refractivity contribution is 0.788. The lowest BCUT2D eigenvalue weighted by Gasteiger charge is -2.10. The molecule has 3 heterocycles. The molecule has 0 saturated carbocycles. The van der Waals surface area contributed by atoms with Crippen LogP contribution in [0.3, 0.4) is 0 Å². The summed E-state index contributed by atoms with van der Waals surface area (Å²) in [4.78, 5) is 8.93. The minimum Gasteiger partial charge on any atom is -0.356 e. The van der Waals surface area contributed by atoms with E-state index in [2.05, 4.69) is 61.0 Å². The van der Waals surface area contributed by atoms with Crippen LogP contribution in [0.5, 0.6) is 0 Å². The number of aryl methyl sites for hydroxylation is 1. The van der Waals surface area contributed by atoms with Crippen LogP contribution in [0.25, 0.3) is 5.65 Å².